The van der Waals surface area contributed by atoms with Crippen LogP contribution < -0.4 is 15.8 Å². The number of ether oxygens (including phenoxy) is 1. The normalized spacial score (nSPS) is 11.9. The lowest BCUT2D eigenvalue weighted by Gasteiger charge is -2.14. The van der Waals surface area contributed by atoms with Crippen LogP contribution in [0.3, 0.4) is 0 Å². The summed E-state index contributed by atoms with van der Waals surface area (Å²) in [7, 11) is 1.55. The number of methoxy groups -OCH3 is 1. The fourth-order valence-corrected chi connectivity index (χ4v) is 2.06. The van der Waals surface area contributed by atoms with E-state index in [9.17, 15) is 4.79 Å². The summed E-state index contributed by atoms with van der Waals surface area (Å²) in [6.07, 6.45) is 1.62. The molecule has 5 nitrogen and oxygen atoms in total. The number of nitrogens with zero attached hydrogens (tertiary/aromatic N) is 1. The van der Waals surface area contributed by atoms with Gasteiger partial charge in [0.25, 0.3) is 0 Å². The Kier molecular flexibility index (Phi) is 3.91. The summed E-state index contributed by atoms with van der Waals surface area (Å²) in [5, 5.41) is 4.97. The summed E-state index contributed by atoms with van der Waals surface area (Å²) in [4.78, 5) is 15.9. The van der Waals surface area contributed by atoms with E-state index < -0.39 is 6.04 Å². The molecule has 1 atom stereocenters. The Morgan fingerprint density at radius 3 is 2.94 bits per heavy atom. The van der Waals surface area contributed by atoms with Crippen LogP contribution in [-0.4, -0.2) is 18.0 Å². The number of anilines is 1. The second kappa shape index (κ2) is 5.61. The van der Waals surface area contributed by atoms with Crippen molar-refractivity contribution in [2.45, 2.75) is 6.04 Å². The monoisotopic (exact) mass is 263 g/mol. The molecule has 0 fully saturated rings. The van der Waals surface area contributed by atoms with Gasteiger partial charge < -0.3 is 15.8 Å². The van der Waals surface area contributed by atoms with Crippen molar-refractivity contribution in [3.8, 4) is 5.75 Å². The van der Waals surface area contributed by atoms with E-state index in [1.807, 2.05) is 12.1 Å². The molecule has 6 heteroatoms. The standard InChI is InChI=1S/C12H13N3O2S/c1-17-9-5-3-2-4-8(9)10(13)11(16)15-12-14-6-7-18-12/h2-7,10H,13H2,1H3,(H,14,15,16). The number of para-hydroxylation sites is 1. The molecule has 1 aromatic carbocycles. The molecule has 2 aromatic rings. The number of carbonyl (C=O) groups excluding carboxylic acids is 1. The topological polar surface area (TPSA) is 77.2 Å². The minimum absolute atomic E-state index is 0.311. The van der Waals surface area contributed by atoms with Crippen LogP contribution in [0.15, 0.2) is 35.8 Å². The van der Waals surface area contributed by atoms with Gasteiger partial charge >= 0.3 is 0 Å². The van der Waals surface area contributed by atoms with E-state index in [4.69, 9.17) is 10.5 Å². The highest BCUT2D eigenvalue weighted by Gasteiger charge is 2.19. The number of benzene rings is 1. The third kappa shape index (κ3) is 2.66. The maximum Gasteiger partial charge on any atom is 0.247 e. The highest BCUT2D eigenvalue weighted by Crippen LogP contribution is 2.24. The van der Waals surface area contributed by atoms with Crippen molar-refractivity contribution in [1.82, 2.24) is 4.98 Å². The maximum atomic E-state index is 12.0. The summed E-state index contributed by atoms with van der Waals surface area (Å²) in [5.74, 6) is 0.286. The Morgan fingerprint density at radius 1 is 1.50 bits per heavy atom. The maximum absolute atomic E-state index is 12.0. The lowest BCUT2D eigenvalue weighted by Crippen LogP contribution is -2.28. The average Bonchev–Trinajstić information content (AvgIpc) is 2.90. The van der Waals surface area contributed by atoms with E-state index in [2.05, 4.69) is 10.3 Å². The number of thiazole rings is 1. The number of amides is 1. The quantitative estimate of drug-likeness (QED) is 0.881. The molecule has 2 rings (SSSR count). The van der Waals surface area contributed by atoms with Crippen molar-refractivity contribution in [3.05, 3.63) is 41.4 Å². The summed E-state index contributed by atoms with van der Waals surface area (Å²) in [5.41, 5.74) is 6.56. The fourth-order valence-electron chi connectivity index (χ4n) is 1.53. The highest BCUT2D eigenvalue weighted by atomic mass is 32.1. The van der Waals surface area contributed by atoms with Gasteiger partial charge in [0.15, 0.2) is 5.13 Å². The van der Waals surface area contributed by atoms with Crippen molar-refractivity contribution in [2.24, 2.45) is 5.73 Å². The van der Waals surface area contributed by atoms with Crippen LogP contribution in [0, 0.1) is 0 Å². The second-order valence-corrected chi connectivity index (χ2v) is 4.44. The zero-order valence-corrected chi connectivity index (χ0v) is 10.6. The zero-order valence-electron chi connectivity index (χ0n) is 9.79. The summed E-state index contributed by atoms with van der Waals surface area (Å²) in [6, 6.07) is 6.39. The molecule has 0 aliphatic rings. The SMILES string of the molecule is COc1ccccc1C(N)C(=O)Nc1nccs1. The third-order valence-corrected chi connectivity index (χ3v) is 3.11. The number of rotatable bonds is 4. The van der Waals surface area contributed by atoms with Crippen LogP contribution in [0.25, 0.3) is 0 Å². The predicted molar refractivity (Wildman–Crippen MR) is 70.7 cm³/mol. The van der Waals surface area contributed by atoms with Gasteiger partial charge in [0.1, 0.15) is 11.8 Å². The molecule has 1 amide bonds. The molecule has 0 saturated heterocycles. The van der Waals surface area contributed by atoms with Crippen LogP contribution in [0.4, 0.5) is 5.13 Å². The zero-order chi connectivity index (χ0) is 13.0. The highest BCUT2D eigenvalue weighted by molar-refractivity contribution is 7.13. The molecule has 18 heavy (non-hydrogen) atoms. The van der Waals surface area contributed by atoms with E-state index in [1.165, 1.54) is 11.3 Å². The summed E-state index contributed by atoms with van der Waals surface area (Å²) < 4.78 is 5.18. The van der Waals surface area contributed by atoms with Gasteiger partial charge in [0.05, 0.1) is 7.11 Å². The summed E-state index contributed by atoms with van der Waals surface area (Å²) >= 11 is 1.34. The fraction of sp³-hybridized carbons (Fsp3) is 0.167. The molecule has 0 radical (unpaired) electrons. The Labute approximate surface area is 109 Å². The van der Waals surface area contributed by atoms with Gasteiger partial charge in [-0.05, 0) is 6.07 Å². The number of nitrogens with one attached hydrogen (secondary N) is 1. The predicted octanol–water partition coefficient (Wildman–Crippen LogP) is 1.79. The molecule has 0 bridgehead atoms. The van der Waals surface area contributed by atoms with Gasteiger partial charge in [-0.1, -0.05) is 18.2 Å². The van der Waals surface area contributed by atoms with Crippen LogP contribution in [0.2, 0.25) is 0 Å². The van der Waals surface area contributed by atoms with Crippen LogP contribution in [-0.2, 0) is 4.79 Å². The van der Waals surface area contributed by atoms with E-state index in [-0.39, 0.29) is 5.91 Å². The number of carbonyl (C=O) groups is 1. The number of hydrogen-bond acceptors (Lipinski definition) is 5. The average molecular weight is 263 g/mol. The van der Waals surface area contributed by atoms with Crippen molar-refractivity contribution in [1.29, 1.82) is 0 Å². The van der Waals surface area contributed by atoms with Crippen molar-refractivity contribution in [3.63, 3.8) is 0 Å². The minimum Gasteiger partial charge on any atom is -0.496 e. The Morgan fingerprint density at radius 2 is 2.28 bits per heavy atom. The summed E-state index contributed by atoms with van der Waals surface area (Å²) in [6.45, 7) is 0. The molecule has 0 aliphatic heterocycles. The molecular weight excluding hydrogens is 250 g/mol. The lowest BCUT2D eigenvalue weighted by atomic mass is 10.1. The van der Waals surface area contributed by atoms with Gasteiger partial charge in [-0.15, -0.1) is 11.3 Å². The first-order valence-corrected chi connectivity index (χ1v) is 6.19. The van der Waals surface area contributed by atoms with Crippen molar-refractivity contribution in [2.75, 3.05) is 12.4 Å². The van der Waals surface area contributed by atoms with Gasteiger partial charge in [-0.3, -0.25) is 4.79 Å². The first kappa shape index (κ1) is 12.5. The molecule has 1 heterocycles. The molecule has 0 saturated carbocycles. The number of aromatic nitrogens is 1. The Hall–Kier alpha value is -1.92. The third-order valence-electron chi connectivity index (χ3n) is 2.42. The van der Waals surface area contributed by atoms with Crippen molar-refractivity contribution < 1.29 is 9.53 Å². The first-order chi connectivity index (χ1) is 8.72. The van der Waals surface area contributed by atoms with Gasteiger partial charge in [-0.2, -0.15) is 0 Å². The van der Waals surface area contributed by atoms with Gasteiger partial charge in [0, 0.05) is 17.1 Å². The first-order valence-electron chi connectivity index (χ1n) is 5.31. The van der Waals surface area contributed by atoms with Crippen LogP contribution in [0.5, 0.6) is 5.75 Å². The lowest BCUT2D eigenvalue weighted by molar-refractivity contribution is -0.117. The van der Waals surface area contributed by atoms with Gasteiger partial charge in [0.2, 0.25) is 5.91 Å². The van der Waals surface area contributed by atoms with E-state index in [0.29, 0.717) is 16.4 Å². The van der Waals surface area contributed by atoms with Crippen LogP contribution >= 0.6 is 11.3 Å². The molecule has 1 aromatic heterocycles. The molecule has 1 unspecified atom stereocenters. The molecular formula is C12H13N3O2S. The number of nitrogens with two attached hydrogens (primary N) is 1. The van der Waals surface area contributed by atoms with Gasteiger partial charge in [-0.25, -0.2) is 4.98 Å². The van der Waals surface area contributed by atoms with E-state index in [0.717, 1.165) is 0 Å². The Balaban J connectivity index is 2.15. The minimum atomic E-state index is -0.787. The molecule has 3 N–H and O–H groups in total. The van der Waals surface area contributed by atoms with E-state index >= 15 is 0 Å². The smallest absolute Gasteiger partial charge is 0.247 e. The van der Waals surface area contributed by atoms with Crippen LogP contribution in [0.1, 0.15) is 11.6 Å². The second-order valence-electron chi connectivity index (χ2n) is 3.55. The van der Waals surface area contributed by atoms with E-state index in [1.54, 1.807) is 30.8 Å². The molecule has 94 valence electrons. The number of hydrogen-bond donors (Lipinski definition) is 2. The molecule has 0 aliphatic carbocycles. The Bertz CT molecular complexity index is 528. The van der Waals surface area contributed by atoms with Crippen molar-refractivity contribution >= 4 is 22.4 Å². The molecule has 0 spiro atoms. The largest absolute Gasteiger partial charge is 0.496 e.